The standard InChI is InChI=1S/C21H18ClFN4O2/c1-28-17-7-6-12(9-18(17)29-2)15-11-25-27-20(24)19(16(10-23)26-21(15)27)13-4-3-5-14(22)8-13/h3-9,11H,10,24H2,1-2H3. The van der Waals surface area contributed by atoms with Gasteiger partial charge >= 0.3 is 0 Å². The first-order valence-electron chi connectivity index (χ1n) is 8.77. The third kappa shape index (κ3) is 3.23. The summed E-state index contributed by atoms with van der Waals surface area (Å²) >= 11 is 6.10. The Morgan fingerprint density at radius 2 is 1.86 bits per heavy atom. The van der Waals surface area contributed by atoms with Crippen molar-refractivity contribution in [3.8, 4) is 33.8 Å². The molecule has 2 aromatic carbocycles. The van der Waals surface area contributed by atoms with Gasteiger partial charge in [-0.3, -0.25) is 0 Å². The van der Waals surface area contributed by atoms with E-state index in [2.05, 4.69) is 10.1 Å². The second-order valence-corrected chi connectivity index (χ2v) is 6.76. The first kappa shape index (κ1) is 19.0. The van der Waals surface area contributed by atoms with Gasteiger partial charge in [-0.05, 0) is 35.4 Å². The number of benzene rings is 2. The Hall–Kier alpha value is -3.32. The second-order valence-electron chi connectivity index (χ2n) is 6.33. The van der Waals surface area contributed by atoms with Crippen LogP contribution in [0.2, 0.25) is 5.02 Å². The predicted molar refractivity (Wildman–Crippen MR) is 111 cm³/mol. The second kappa shape index (κ2) is 7.60. The predicted octanol–water partition coefficient (Wildman–Crippen LogP) is 4.79. The first-order valence-corrected chi connectivity index (χ1v) is 9.15. The van der Waals surface area contributed by atoms with Gasteiger partial charge in [0.05, 0.1) is 26.1 Å². The molecule has 0 bridgehead atoms. The van der Waals surface area contributed by atoms with Gasteiger partial charge in [-0.2, -0.15) is 9.61 Å². The Balaban J connectivity index is 1.93. The fourth-order valence-electron chi connectivity index (χ4n) is 3.33. The van der Waals surface area contributed by atoms with Crippen molar-refractivity contribution in [2.24, 2.45) is 0 Å². The van der Waals surface area contributed by atoms with Crippen LogP contribution in [0, 0.1) is 0 Å². The Bertz CT molecular complexity index is 1210. The van der Waals surface area contributed by atoms with E-state index in [4.69, 9.17) is 26.8 Å². The number of hydrogen-bond donors (Lipinski definition) is 1. The van der Waals surface area contributed by atoms with E-state index in [1.165, 1.54) is 4.52 Å². The lowest BCUT2D eigenvalue weighted by molar-refractivity contribution is 0.355. The number of alkyl halides is 1. The zero-order valence-electron chi connectivity index (χ0n) is 15.8. The normalized spacial score (nSPS) is 11.0. The number of methoxy groups -OCH3 is 2. The topological polar surface area (TPSA) is 74.7 Å². The van der Waals surface area contributed by atoms with Crippen LogP contribution in [0.15, 0.2) is 48.7 Å². The van der Waals surface area contributed by atoms with Crippen LogP contribution >= 0.6 is 11.6 Å². The van der Waals surface area contributed by atoms with Gasteiger partial charge in [0.1, 0.15) is 12.5 Å². The van der Waals surface area contributed by atoms with Gasteiger partial charge in [-0.15, -0.1) is 0 Å². The molecule has 8 heteroatoms. The number of halogens is 2. The van der Waals surface area contributed by atoms with E-state index in [1.54, 1.807) is 44.7 Å². The molecule has 0 saturated heterocycles. The highest BCUT2D eigenvalue weighted by Crippen LogP contribution is 2.37. The van der Waals surface area contributed by atoms with E-state index in [0.717, 1.165) is 5.56 Å². The number of hydrogen-bond acceptors (Lipinski definition) is 5. The number of ether oxygens (including phenoxy) is 2. The Morgan fingerprint density at radius 3 is 2.55 bits per heavy atom. The van der Waals surface area contributed by atoms with E-state index in [1.807, 2.05) is 18.2 Å². The highest BCUT2D eigenvalue weighted by molar-refractivity contribution is 6.30. The average molecular weight is 413 g/mol. The molecule has 4 rings (SSSR count). The molecular weight excluding hydrogens is 395 g/mol. The fourth-order valence-corrected chi connectivity index (χ4v) is 3.52. The van der Waals surface area contributed by atoms with Crippen LogP contribution in [-0.2, 0) is 6.67 Å². The minimum absolute atomic E-state index is 0.222. The van der Waals surface area contributed by atoms with Crippen molar-refractivity contribution in [1.29, 1.82) is 0 Å². The third-order valence-corrected chi connectivity index (χ3v) is 4.93. The molecule has 0 atom stereocenters. The molecule has 0 aliphatic rings. The van der Waals surface area contributed by atoms with Crippen LogP contribution < -0.4 is 15.2 Å². The number of aromatic nitrogens is 3. The summed E-state index contributed by atoms with van der Waals surface area (Å²) < 4.78 is 26.1. The Labute approximate surface area is 171 Å². The van der Waals surface area contributed by atoms with Gasteiger partial charge in [-0.1, -0.05) is 29.8 Å². The van der Waals surface area contributed by atoms with Crippen molar-refractivity contribution < 1.29 is 13.9 Å². The average Bonchev–Trinajstić information content (AvgIpc) is 3.17. The van der Waals surface area contributed by atoms with E-state index >= 15 is 0 Å². The molecule has 29 heavy (non-hydrogen) atoms. The summed E-state index contributed by atoms with van der Waals surface area (Å²) in [7, 11) is 3.13. The van der Waals surface area contributed by atoms with Crippen LogP contribution in [-0.4, -0.2) is 28.8 Å². The number of fused-ring (bicyclic) bond motifs is 1. The quantitative estimate of drug-likeness (QED) is 0.510. The molecule has 2 N–H and O–H groups in total. The van der Waals surface area contributed by atoms with Crippen LogP contribution in [0.4, 0.5) is 10.2 Å². The van der Waals surface area contributed by atoms with Gasteiger partial charge in [-0.25, -0.2) is 9.37 Å². The van der Waals surface area contributed by atoms with Crippen LogP contribution in [0.1, 0.15) is 5.69 Å². The van der Waals surface area contributed by atoms with Gasteiger partial charge in [0.25, 0.3) is 0 Å². The molecule has 0 fully saturated rings. The fraction of sp³-hybridized carbons (Fsp3) is 0.143. The molecule has 148 valence electrons. The van der Waals surface area contributed by atoms with E-state index in [-0.39, 0.29) is 11.5 Å². The van der Waals surface area contributed by atoms with Crippen LogP contribution in [0.25, 0.3) is 27.9 Å². The van der Waals surface area contributed by atoms with Crippen molar-refractivity contribution >= 4 is 23.1 Å². The third-order valence-electron chi connectivity index (χ3n) is 4.69. The summed E-state index contributed by atoms with van der Waals surface area (Å²) in [6, 6.07) is 12.5. The van der Waals surface area contributed by atoms with Crippen molar-refractivity contribution in [3.63, 3.8) is 0 Å². The molecule has 4 aromatic rings. The molecule has 6 nitrogen and oxygen atoms in total. The largest absolute Gasteiger partial charge is 0.493 e. The molecule has 0 aliphatic carbocycles. The van der Waals surface area contributed by atoms with Gasteiger partial charge in [0.15, 0.2) is 17.1 Å². The number of nitrogens with two attached hydrogens (primary N) is 1. The van der Waals surface area contributed by atoms with Crippen molar-refractivity contribution in [1.82, 2.24) is 14.6 Å². The summed E-state index contributed by atoms with van der Waals surface area (Å²) in [4.78, 5) is 4.53. The van der Waals surface area contributed by atoms with E-state index in [9.17, 15) is 4.39 Å². The Morgan fingerprint density at radius 1 is 1.07 bits per heavy atom. The summed E-state index contributed by atoms with van der Waals surface area (Å²) in [5.74, 6) is 1.46. The highest BCUT2D eigenvalue weighted by Gasteiger charge is 2.19. The molecule has 0 aliphatic heterocycles. The SMILES string of the molecule is COc1ccc(-c2cnn3c(N)c(-c4cccc(Cl)c4)c(CF)nc23)cc1OC. The molecule has 0 spiro atoms. The summed E-state index contributed by atoms with van der Waals surface area (Å²) in [6.07, 6.45) is 1.64. The number of rotatable bonds is 5. The lowest BCUT2D eigenvalue weighted by Gasteiger charge is -2.13. The maximum absolute atomic E-state index is 13.9. The van der Waals surface area contributed by atoms with Gasteiger partial charge in [0, 0.05) is 16.1 Å². The lowest BCUT2D eigenvalue weighted by atomic mass is 10.0. The summed E-state index contributed by atoms with van der Waals surface area (Å²) in [6.45, 7) is -0.779. The lowest BCUT2D eigenvalue weighted by Crippen LogP contribution is -2.07. The van der Waals surface area contributed by atoms with Crippen LogP contribution in [0.3, 0.4) is 0 Å². The van der Waals surface area contributed by atoms with Crippen molar-refractivity contribution in [2.45, 2.75) is 6.67 Å². The highest BCUT2D eigenvalue weighted by atomic mass is 35.5. The molecule has 2 heterocycles. The monoisotopic (exact) mass is 412 g/mol. The van der Waals surface area contributed by atoms with Gasteiger partial charge < -0.3 is 15.2 Å². The minimum atomic E-state index is -0.779. The van der Waals surface area contributed by atoms with Gasteiger partial charge in [0.2, 0.25) is 0 Å². The molecule has 0 saturated carbocycles. The summed E-state index contributed by atoms with van der Waals surface area (Å²) in [5.41, 5.74) is 9.70. The number of nitrogens with zero attached hydrogens (tertiary/aromatic N) is 3. The Kier molecular flexibility index (Phi) is 4.98. The maximum atomic E-state index is 13.9. The minimum Gasteiger partial charge on any atom is -0.493 e. The van der Waals surface area contributed by atoms with Crippen LogP contribution in [0.5, 0.6) is 11.5 Å². The smallest absolute Gasteiger partial charge is 0.165 e. The zero-order chi connectivity index (χ0) is 20.5. The molecule has 2 aromatic heterocycles. The van der Waals surface area contributed by atoms with E-state index in [0.29, 0.717) is 38.9 Å². The first-order chi connectivity index (χ1) is 14.1. The number of anilines is 1. The van der Waals surface area contributed by atoms with Crippen molar-refractivity contribution in [2.75, 3.05) is 20.0 Å². The molecular formula is C21H18ClFN4O2. The number of nitrogen functional groups attached to an aromatic ring is 1. The summed E-state index contributed by atoms with van der Waals surface area (Å²) in [5, 5.41) is 4.90. The van der Waals surface area contributed by atoms with Crippen molar-refractivity contribution in [3.05, 3.63) is 59.4 Å². The van der Waals surface area contributed by atoms with E-state index < -0.39 is 6.67 Å². The molecule has 0 amide bonds. The molecule has 0 unspecified atom stereocenters. The maximum Gasteiger partial charge on any atom is 0.165 e. The molecule has 0 radical (unpaired) electrons. The zero-order valence-corrected chi connectivity index (χ0v) is 16.6.